The van der Waals surface area contributed by atoms with Gasteiger partial charge in [0.1, 0.15) is 5.75 Å². The summed E-state index contributed by atoms with van der Waals surface area (Å²) in [6.45, 7) is 1.88. The average molecular weight is 377 g/mol. The normalized spacial score (nSPS) is 12.1. The minimum Gasteiger partial charge on any atom is -0.481 e. The van der Waals surface area contributed by atoms with E-state index in [4.69, 9.17) is 16.3 Å². The van der Waals surface area contributed by atoms with Gasteiger partial charge in [-0.2, -0.15) is 0 Å². The smallest absolute Gasteiger partial charge is 0.307 e. The van der Waals surface area contributed by atoms with Crippen molar-refractivity contribution in [2.45, 2.75) is 19.4 Å². The number of hydrogen-bond acceptors (Lipinski definition) is 4. The SMILES string of the molecule is CC[C@H](Oc1ccc(Cl)cc1)C(=O)Nc1ccc2c(c1)sc(=O)n2C. The Morgan fingerprint density at radius 2 is 2.00 bits per heavy atom. The Hall–Kier alpha value is -2.31. The van der Waals surface area contributed by atoms with Crippen molar-refractivity contribution in [3.63, 3.8) is 0 Å². The summed E-state index contributed by atoms with van der Waals surface area (Å²) in [5, 5.41) is 3.46. The summed E-state index contributed by atoms with van der Waals surface area (Å²) >= 11 is 7.01. The molecule has 130 valence electrons. The van der Waals surface area contributed by atoms with Crippen LogP contribution in [0.4, 0.5) is 5.69 Å². The molecule has 25 heavy (non-hydrogen) atoms. The number of hydrogen-bond donors (Lipinski definition) is 1. The van der Waals surface area contributed by atoms with Crippen molar-refractivity contribution < 1.29 is 9.53 Å². The Morgan fingerprint density at radius 1 is 1.28 bits per heavy atom. The summed E-state index contributed by atoms with van der Waals surface area (Å²) < 4.78 is 8.16. The number of ether oxygens (including phenoxy) is 1. The molecule has 0 saturated heterocycles. The van der Waals surface area contributed by atoms with Crippen molar-refractivity contribution >= 4 is 44.7 Å². The fraction of sp³-hybridized carbons (Fsp3) is 0.222. The molecule has 0 radical (unpaired) electrons. The molecule has 0 aliphatic rings. The van der Waals surface area contributed by atoms with Crippen LogP contribution >= 0.6 is 22.9 Å². The summed E-state index contributed by atoms with van der Waals surface area (Å²) in [6, 6.07) is 12.3. The molecule has 7 heteroatoms. The van der Waals surface area contributed by atoms with Gasteiger partial charge in [-0.25, -0.2) is 0 Å². The molecule has 0 bridgehead atoms. The number of rotatable bonds is 5. The topological polar surface area (TPSA) is 60.3 Å². The summed E-state index contributed by atoms with van der Waals surface area (Å²) in [5.74, 6) is 0.350. The molecule has 0 aliphatic heterocycles. The minimum atomic E-state index is -0.619. The number of nitrogens with zero attached hydrogens (tertiary/aromatic N) is 1. The number of aryl methyl sites for hydroxylation is 1. The summed E-state index contributed by atoms with van der Waals surface area (Å²) in [4.78, 5) is 24.2. The molecule has 1 heterocycles. The number of halogens is 1. The second-order valence-electron chi connectivity index (χ2n) is 5.57. The molecule has 5 nitrogen and oxygen atoms in total. The molecule has 3 rings (SSSR count). The Labute approximate surface area is 153 Å². The van der Waals surface area contributed by atoms with E-state index in [9.17, 15) is 9.59 Å². The highest BCUT2D eigenvalue weighted by Gasteiger charge is 2.19. The summed E-state index contributed by atoms with van der Waals surface area (Å²) in [5.41, 5.74) is 1.48. The van der Waals surface area contributed by atoms with Crippen LogP contribution in [0.5, 0.6) is 5.75 Å². The predicted octanol–water partition coefficient (Wildman–Crippen LogP) is 4.05. The maximum absolute atomic E-state index is 12.5. The second-order valence-corrected chi connectivity index (χ2v) is 7.00. The fourth-order valence-corrected chi connectivity index (χ4v) is 3.48. The van der Waals surface area contributed by atoms with E-state index in [-0.39, 0.29) is 10.8 Å². The zero-order chi connectivity index (χ0) is 18.0. The van der Waals surface area contributed by atoms with Gasteiger partial charge < -0.3 is 14.6 Å². The van der Waals surface area contributed by atoms with E-state index in [1.54, 1.807) is 48.0 Å². The van der Waals surface area contributed by atoms with Crippen LogP contribution in [0.15, 0.2) is 47.3 Å². The first kappa shape index (κ1) is 17.5. The third-order valence-corrected chi connectivity index (χ3v) is 5.06. The van der Waals surface area contributed by atoms with Gasteiger partial charge in [-0.3, -0.25) is 9.59 Å². The molecular formula is C18H17ClN2O3S. The first-order valence-electron chi connectivity index (χ1n) is 7.80. The lowest BCUT2D eigenvalue weighted by Crippen LogP contribution is -2.32. The molecule has 0 unspecified atom stereocenters. The maximum atomic E-state index is 12.5. The third kappa shape index (κ3) is 3.86. The van der Waals surface area contributed by atoms with E-state index < -0.39 is 6.10 Å². The lowest BCUT2D eigenvalue weighted by Gasteiger charge is -2.17. The Kier molecular flexibility index (Phi) is 5.11. The lowest BCUT2D eigenvalue weighted by atomic mass is 10.2. The highest BCUT2D eigenvalue weighted by Crippen LogP contribution is 2.22. The quantitative estimate of drug-likeness (QED) is 0.730. The van der Waals surface area contributed by atoms with Gasteiger partial charge >= 0.3 is 4.87 Å². The number of aromatic nitrogens is 1. The van der Waals surface area contributed by atoms with Crippen LogP contribution in [0.2, 0.25) is 5.02 Å². The maximum Gasteiger partial charge on any atom is 0.307 e. The van der Waals surface area contributed by atoms with Crippen LogP contribution in [0.25, 0.3) is 10.2 Å². The van der Waals surface area contributed by atoms with Crippen LogP contribution in [0, 0.1) is 0 Å². The fourth-order valence-electron chi connectivity index (χ4n) is 2.43. The molecule has 2 aromatic carbocycles. The van der Waals surface area contributed by atoms with Crippen LogP contribution < -0.4 is 14.9 Å². The standard InChI is InChI=1S/C18H17ClN2O3S/c1-3-15(24-13-7-4-11(19)5-8-13)17(22)20-12-6-9-14-16(10-12)25-18(23)21(14)2/h4-10,15H,3H2,1-2H3,(H,20,22)/t15-/m0/s1. The van der Waals surface area contributed by atoms with Crippen molar-refractivity contribution in [3.8, 4) is 5.75 Å². The number of benzene rings is 2. The van der Waals surface area contributed by atoms with E-state index in [2.05, 4.69) is 5.32 Å². The minimum absolute atomic E-state index is 0.0315. The van der Waals surface area contributed by atoms with E-state index in [1.807, 2.05) is 13.0 Å². The average Bonchev–Trinajstić information content (AvgIpc) is 2.88. The van der Waals surface area contributed by atoms with Gasteiger partial charge in [0, 0.05) is 17.8 Å². The summed E-state index contributed by atoms with van der Waals surface area (Å²) in [6.07, 6.45) is -0.0959. The van der Waals surface area contributed by atoms with Crippen molar-refractivity contribution in [1.82, 2.24) is 4.57 Å². The highest BCUT2D eigenvalue weighted by atomic mass is 35.5. The zero-order valence-electron chi connectivity index (χ0n) is 13.8. The van der Waals surface area contributed by atoms with E-state index in [0.717, 1.165) is 21.6 Å². The molecule has 0 spiro atoms. The Morgan fingerprint density at radius 3 is 2.68 bits per heavy atom. The monoisotopic (exact) mass is 376 g/mol. The molecule has 0 saturated carbocycles. The number of thiazole rings is 1. The summed E-state index contributed by atoms with van der Waals surface area (Å²) in [7, 11) is 1.73. The van der Waals surface area contributed by atoms with Gasteiger partial charge in [-0.15, -0.1) is 0 Å². The van der Waals surface area contributed by atoms with E-state index >= 15 is 0 Å². The Balaban J connectivity index is 1.75. The predicted molar refractivity (Wildman–Crippen MR) is 102 cm³/mol. The lowest BCUT2D eigenvalue weighted by molar-refractivity contribution is -0.122. The highest BCUT2D eigenvalue weighted by molar-refractivity contribution is 7.16. The molecule has 1 N–H and O–H groups in total. The third-order valence-electron chi connectivity index (χ3n) is 3.82. The number of carbonyl (C=O) groups excluding carboxylic acids is 1. The molecule has 1 atom stereocenters. The number of nitrogens with one attached hydrogen (secondary N) is 1. The Bertz CT molecular complexity index is 963. The molecule has 1 amide bonds. The number of carbonyl (C=O) groups is 1. The molecule has 3 aromatic rings. The van der Waals surface area contributed by atoms with Crippen molar-refractivity contribution in [3.05, 3.63) is 57.2 Å². The van der Waals surface area contributed by atoms with E-state index in [1.165, 1.54) is 0 Å². The number of fused-ring (bicyclic) bond motifs is 1. The largest absolute Gasteiger partial charge is 0.481 e. The van der Waals surface area contributed by atoms with Crippen LogP contribution in [0.1, 0.15) is 13.3 Å². The van der Waals surface area contributed by atoms with Crippen LogP contribution in [0.3, 0.4) is 0 Å². The molecule has 0 aliphatic carbocycles. The first-order chi connectivity index (χ1) is 12.0. The molecule has 1 aromatic heterocycles. The van der Waals surface area contributed by atoms with E-state index in [0.29, 0.717) is 22.9 Å². The second kappa shape index (κ2) is 7.29. The van der Waals surface area contributed by atoms with Crippen molar-refractivity contribution in [2.75, 3.05) is 5.32 Å². The van der Waals surface area contributed by atoms with Gasteiger partial charge in [0.25, 0.3) is 5.91 Å². The van der Waals surface area contributed by atoms with Gasteiger partial charge in [-0.1, -0.05) is 29.9 Å². The van der Waals surface area contributed by atoms with Gasteiger partial charge in [0.05, 0.1) is 10.2 Å². The van der Waals surface area contributed by atoms with Crippen LogP contribution in [-0.4, -0.2) is 16.6 Å². The first-order valence-corrected chi connectivity index (χ1v) is 9.00. The van der Waals surface area contributed by atoms with Gasteiger partial charge in [-0.05, 0) is 48.9 Å². The van der Waals surface area contributed by atoms with Crippen molar-refractivity contribution in [1.29, 1.82) is 0 Å². The van der Waals surface area contributed by atoms with Gasteiger partial charge in [0.15, 0.2) is 6.10 Å². The van der Waals surface area contributed by atoms with Crippen molar-refractivity contribution in [2.24, 2.45) is 7.05 Å². The number of anilines is 1. The number of amides is 1. The van der Waals surface area contributed by atoms with Crippen LogP contribution in [-0.2, 0) is 11.8 Å². The zero-order valence-corrected chi connectivity index (χ0v) is 15.4. The molecule has 0 fully saturated rings. The van der Waals surface area contributed by atoms with Gasteiger partial charge in [0.2, 0.25) is 0 Å². The molecular weight excluding hydrogens is 360 g/mol.